The molecule has 0 bridgehead atoms. The Bertz CT molecular complexity index is 537. The smallest absolute Gasteiger partial charge is 0.253 e. The third-order valence-corrected chi connectivity index (χ3v) is 3.53. The van der Waals surface area contributed by atoms with Crippen molar-refractivity contribution in [3.05, 3.63) is 45.9 Å². The lowest BCUT2D eigenvalue weighted by Crippen LogP contribution is -2.26. The summed E-state index contributed by atoms with van der Waals surface area (Å²) in [6, 6.07) is 5.72. The van der Waals surface area contributed by atoms with Crippen LogP contribution in [0.25, 0.3) is 0 Å². The third kappa shape index (κ3) is 3.07. The van der Waals surface area contributed by atoms with E-state index in [0.29, 0.717) is 23.5 Å². The molecule has 1 amide bonds. The number of nitrogen functional groups attached to an aromatic ring is 1. The molecule has 0 saturated heterocycles. The van der Waals surface area contributed by atoms with Crippen LogP contribution in [0.2, 0.25) is 0 Å². The van der Waals surface area contributed by atoms with Gasteiger partial charge in [-0.25, -0.2) is 0 Å². The quantitative estimate of drug-likeness (QED) is 0.884. The van der Waals surface area contributed by atoms with Crippen LogP contribution in [0.4, 0.5) is 5.69 Å². The maximum Gasteiger partial charge on any atom is 0.253 e. The van der Waals surface area contributed by atoms with Crippen LogP contribution in [0.5, 0.6) is 0 Å². The van der Waals surface area contributed by atoms with Crippen molar-refractivity contribution in [3.8, 4) is 0 Å². The number of carbonyl (C=O) groups is 1. The van der Waals surface area contributed by atoms with Gasteiger partial charge in [-0.2, -0.15) is 0 Å². The molecule has 0 aliphatic rings. The summed E-state index contributed by atoms with van der Waals surface area (Å²) in [4.78, 5) is 17.3. The average molecular weight is 261 g/mol. The predicted molar refractivity (Wildman–Crippen MR) is 73.7 cm³/mol. The summed E-state index contributed by atoms with van der Waals surface area (Å²) >= 11 is 1.69. The average Bonchev–Trinajstić information content (AvgIpc) is 2.85. The van der Waals surface area contributed by atoms with Crippen LogP contribution in [0.15, 0.2) is 29.8 Å². The van der Waals surface area contributed by atoms with E-state index in [1.807, 2.05) is 11.4 Å². The minimum Gasteiger partial charge on any atom is -0.397 e. The van der Waals surface area contributed by atoms with Crippen LogP contribution in [-0.4, -0.2) is 17.4 Å². The molecule has 0 aromatic carbocycles. The van der Waals surface area contributed by atoms with E-state index < -0.39 is 0 Å². The Balaban J connectivity index is 1.93. The van der Waals surface area contributed by atoms with Crippen molar-refractivity contribution >= 4 is 22.9 Å². The number of anilines is 1. The Morgan fingerprint density at radius 1 is 1.56 bits per heavy atom. The largest absolute Gasteiger partial charge is 0.397 e. The molecule has 2 rings (SSSR count). The molecule has 2 heterocycles. The molecule has 0 aliphatic heterocycles. The molecule has 0 fully saturated rings. The molecule has 2 aromatic rings. The fraction of sp³-hybridized carbons (Fsp3) is 0.231. The fourth-order valence-corrected chi connectivity index (χ4v) is 2.34. The lowest BCUT2D eigenvalue weighted by molar-refractivity contribution is 0.0953. The molecule has 0 saturated carbocycles. The molecule has 0 radical (unpaired) electrons. The van der Waals surface area contributed by atoms with Gasteiger partial charge in [0, 0.05) is 11.4 Å². The van der Waals surface area contributed by atoms with Crippen molar-refractivity contribution in [2.24, 2.45) is 0 Å². The standard InChI is InChI=1S/C13H15N3OS/c1-9-12(7-10(14)8-16-9)13(17)15-5-4-11-3-2-6-18-11/h2-3,6-8H,4-5,14H2,1H3,(H,15,17). The molecular formula is C13H15N3OS. The number of hydrogen-bond donors (Lipinski definition) is 2. The first-order valence-corrected chi connectivity index (χ1v) is 6.57. The summed E-state index contributed by atoms with van der Waals surface area (Å²) in [6.45, 7) is 2.42. The van der Waals surface area contributed by atoms with E-state index in [1.165, 1.54) is 4.88 Å². The third-order valence-electron chi connectivity index (χ3n) is 2.59. The van der Waals surface area contributed by atoms with Crippen molar-refractivity contribution in [1.29, 1.82) is 0 Å². The zero-order valence-corrected chi connectivity index (χ0v) is 11.0. The van der Waals surface area contributed by atoms with E-state index in [4.69, 9.17) is 5.73 Å². The molecule has 3 N–H and O–H groups in total. The van der Waals surface area contributed by atoms with Crippen molar-refractivity contribution in [1.82, 2.24) is 10.3 Å². The highest BCUT2D eigenvalue weighted by Gasteiger charge is 2.09. The molecular weight excluding hydrogens is 246 g/mol. The second-order valence-corrected chi connectivity index (χ2v) is 5.02. The second kappa shape index (κ2) is 5.64. The highest BCUT2D eigenvalue weighted by Crippen LogP contribution is 2.10. The summed E-state index contributed by atoms with van der Waals surface area (Å²) in [5, 5.41) is 4.91. The molecule has 2 aromatic heterocycles. The maximum atomic E-state index is 11.9. The summed E-state index contributed by atoms with van der Waals surface area (Å²) in [5.41, 5.74) is 7.37. The number of nitrogens with zero attached hydrogens (tertiary/aromatic N) is 1. The number of amides is 1. The number of thiophene rings is 1. The van der Waals surface area contributed by atoms with Gasteiger partial charge < -0.3 is 11.1 Å². The van der Waals surface area contributed by atoms with Gasteiger partial charge >= 0.3 is 0 Å². The maximum absolute atomic E-state index is 11.9. The van der Waals surface area contributed by atoms with E-state index in [0.717, 1.165) is 6.42 Å². The normalized spacial score (nSPS) is 10.3. The number of nitrogens with two attached hydrogens (primary N) is 1. The van der Waals surface area contributed by atoms with Gasteiger partial charge in [-0.15, -0.1) is 11.3 Å². The van der Waals surface area contributed by atoms with Gasteiger partial charge in [0.2, 0.25) is 0 Å². The SMILES string of the molecule is Cc1ncc(N)cc1C(=O)NCCc1cccs1. The van der Waals surface area contributed by atoms with Crippen LogP contribution in [0.3, 0.4) is 0 Å². The van der Waals surface area contributed by atoms with E-state index >= 15 is 0 Å². The Hall–Kier alpha value is -1.88. The summed E-state index contributed by atoms with van der Waals surface area (Å²) in [5.74, 6) is -0.121. The number of nitrogens with one attached hydrogen (secondary N) is 1. The Kier molecular flexibility index (Phi) is 3.94. The number of pyridine rings is 1. The minimum atomic E-state index is -0.121. The zero-order valence-electron chi connectivity index (χ0n) is 10.1. The summed E-state index contributed by atoms with van der Waals surface area (Å²) in [7, 11) is 0. The summed E-state index contributed by atoms with van der Waals surface area (Å²) in [6.07, 6.45) is 2.40. The monoisotopic (exact) mass is 261 g/mol. The van der Waals surface area contributed by atoms with E-state index in [9.17, 15) is 4.79 Å². The van der Waals surface area contributed by atoms with Gasteiger partial charge in [-0.05, 0) is 30.9 Å². The molecule has 94 valence electrons. The van der Waals surface area contributed by atoms with Gasteiger partial charge in [0.1, 0.15) is 0 Å². The minimum absolute atomic E-state index is 0.121. The van der Waals surface area contributed by atoms with Crippen LogP contribution in [-0.2, 0) is 6.42 Å². The van der Waals surface area contributed by atoms with Crippen LogP contribution in [0.1, 0.15) is 20.9 Å². The lowest BCUT2D eigenvalue weighted by Gasteiger charge is -2.07. The Morgan fingerprint density at radius 2 is 2.39 bits per heavy atom. The van der Waals surface area contributed by atoms with Crippen molar-refractivity contribution in [2.75, 3.05) is 12.3 Å². The molecule has 0 spiro atoms. The molecule has 4 nitrogen and oxygen atoms in total. The number of rotatable bonds is 4. The van der Waals surface area contributed by atoms with Crippen molar-refractivity contribution < 1.29 is 4.79 Å². The first kappa shape index (κ1) is 12.6. The molecule has 5 heteroatoms. The fourth-order valence-electron chi connectivity index (χ4n) is 1.63. The highest BCUT2D eigenvalue weighted by atomic mass is 32.1. The number of hydrogen-bond acceptors (Lipinski definition) is 4. The molecule has 0 aliphatic carbocycles. The van der Waals surface area contributed by atoms with Gasteiger partial charge in [-0.3, -0.25) is 9.78 Å². The number of aromatic nitrogens is 1. The number of carbonyl (C=O) groups excluding carboxylic acids is 1. The van der Waals surface area contributed by atoms with Crippen LogP contribution >= 0.6 is 11.3 Å². The van der Waals surface area contributed by atoms with Gasteiger partial charge in [0.25, 0.3) is 5.91 Å². The van der Waals surface area contributed by atoms with Crippen LogP contribution < -0.4 is 11.1 Å². The highest BCUT2D eigenvalue weighted by molar-refractivity contribution is 7.09. The van der Waals surface area contributed by atoms with E-state index in [2.05, 4.69) is 16.4 Å². The predicted octanol–water partition coefficient (Wildman–Crippen LogP) is 2.01. The second-order valence-electron chi connectivity index (χ2n) is 3.99. The van der Waals surface area contributed by atoms with Gasteiger partial charge in [-0.1, -0.05) is 6.07 Å². The lowest BCUT2D eigenvalue weighted by atomic mass is 10.2. The topological polar surface area (TPSA) is 68.0 Å². The first-order chi connectivity index (χ1) is 8.66. The Morgan fingerprint density at radius 3 is 3.11 bits per heavy atom. The van der Waals surface area contributed by atoms with Gasteiger partial charge in [0.05, 0.1) is 23.1 Å². The molecule has 0 unspecified atom stereocenters. The van der Waals surface area contributed by atoms with Crippen LogP contribution in [0, 0.1) is 6.92 Å². The zero-order chi connectivity index (χ0) is 13.0. The van der Waals surface area contributed by atoms with Gasteiger partial charge in [0.15, 0.2) is 0 Å². The first-order valence-electron chi connectivity index (χ1n) is 5.69. The van der Waals surface area contributed by atoms with E-state index in [-0.39, 0.29) is 5.91 Å². The Labute approximate surface area is 110 Å². The van der Waals surface area contributed by atoms with E-state index in [1.54, 1.807) is 30.5 Å². The molecule has 0 atom stereocenters. The number of aryl methyl sites for hydroxylation is 1. The van der Waals surface area contributed by atoms with Crippen molar-refractivity contribution in [2.45, 2.75) is 13.3 Å². The van der Waals surface area contributed by atoms with Crippen molar-refractivity contribution in [3.63, 3.8) is 0 Å². The summed E-state index contributed by atoms with van der Waals surface area (Å²) < 4.78 is 0. The molecule has 18 heavy (non-hydrogen) atoms.